The molecule has 0 unspecified atom stereocenters. The van der Waals surface area contributed by atoms with E-state index in [1.807, 2.05) is 36.4 Å². The lowest BCUT2D eigenvalue weighted by atomic mass is 10.1. The van der Waals surface area contributed by atoms with E-state index >= 15 is 0 Å². The molecule has 2 aromatic carbocycles. The van der Waals surface area contributed by atoms with Crippen molar-refractivity contribution in [2.24, 2.45) is 0 Å². The van der Waals surface area contributed by atoms with Gasteiger partial charge < -0.3 is 5.73 Å². The summed E-state index contributed by atoms with van der Waals surface area (Å²) in [4.78, 5) is 0. The Balaban J connectivity index is 2.86. The molecule has 0 saturated heterocycles. The molecule has 2 heteroatoms. The van der Waals surface area contributed by atoms with Crippen LogP contribution in [0.3, 0.4) is 0 Å². The summed E-state index contributed by atoms with van der Waals surface area (Å²) < 4.78 is 0. The summed E-state index contributed by atoms with van der Waals surface area (Å²) in [6, 6.07) is 11.5. The molecule has 0 spiro atoms. The predicted molar refractivity (Wildman–Crippen MR) is 53.4 cm³/mol. The van der Waals surface area contributed by atoms with E-state index in [-0.39, 0.29) is 0 Å². The minimum atomic E-state index is 0.744. The molecule has 0 radical (unpaired) electrons. The van der Waals surface area contributed by atoms with Crippen molar-refractivity contribution in [3.8, 4) is 0 Å². The molecular weight excluding hydrogens is 170 g/mol. The number of nitrogens with two attached hydrogens (primary N) is 1. The average Bonchev–Trinajstić information content (AvgIpc) is 2.04. The van der Waals surface area contributed by atoms with Crippen molar-refractivity contribution in [3.63, 3.8) is 0 Å². The molecule has 12 heavy (non-hydrogen) atoms. The minimum Gasteiger partial charge on any atom is -0.398 e. The van der Waals surface area contributed by atoms with Gasteiger partial charge in [-0.25, -0.2) is 0 Å². The van der Waals surface area contributed by atoms with Crippen LogP contribution in [0, 0.1) is 0 Å². The van der Waals surface area contributed by atoms with Crippen LogP contribution in [-0.2, 0) is 0 Å². The highest BCUT2D eigenvalue weighted by Gasteiger charge is 1.96. The van der Waals surface area contributed by atoms with Gasteiger partial charge in [-0.1, -0.05) is 29.8 Å². The van der Waals surface area contributed by atoms with Gasteiger partial charge in [0.1, 0.15) is 0 Å². The van der Waals surface area contributed by atoms with E-state index in [0.717, 1.165) is 21.5 Å². The summed E-state index contributed by atoms with van der Waals surface area (Å²) >= 11 is 5.83. The Labute approximate surface area is 75.8 Å². The molecule has 0 aliphatic rings. The van der Waals surface area contributed by atoms with Crippen molar-refractivity contribution in [3.05, 3.63) is 41.4 Å². The van der Waals surface area contributed by atoms with Crippen LogP contribution in [0.25, 0.3) is 10.8 Å². The summed E-state index contributed by atoms with van der Waals surface area (Å²) in [6.45, 7) is 0. The predicted octanol–water partition coefficient (Wildman–Crippen LogP) is 3.08. The third-order valence-corrected chi connectivity index (χ3v) is 2.11. The molecular formula is C10H8ClN. The Hall–Kier alpha value is -1.21. The van der Waals surface area contributed by atoms with Gasteiger partial charge in [-0.05, 0) is 23.6 Å². The fourth-order valence-corrected chi connectivity index (χ4v) is 1.46. The molecule has 0 saturated carbocycles. The monoisotopic (exact) mass is 177 g/mol. The van der Waals surface area contributed by atoms with E-state index in [4.69, 9.17) is 17.3 Å². The fraction of sp³-hybridized carbons (Fsp3) is 0. The molecule has 0 bridgehead atoms. The van der Waals surface area contributed by atoms with Crippen molar-refractivity contribution in [2.75, 3.05) is 5.73 Å². The van der Waals surface area contributed by atoms with Crippen LogP contribution in [0.1, 0.15) is 0 Å². The normalized spacial score (nSPS) is 10.4. The topological polar surface area (TPSA) is 26.0 Å². The van der Waals surface area contributed by atoms with Crippen LogP contribution in [0.4, 0.5) is 5.69 Å². The Kier molecular flexibility index (Phi) is 1.66. The smallest absolute Gasteiger partial charge is 0.0412 e. The maximum absolute atomic E-state index is 5.83. The molecule has 60 valence electrons. The second kappa shape index (κ2) is 2.68. The van der Waals surface area contributed by atoms with Gasteiger partial charge in [-0.3, -0.25) is 0 Å². The van der Waals surface area contributed by atoms with Crippen molar-refractivity contribution < 1.29 is 0 Å². The van der Waals surface area contributed by atoms with Gasteiger partial charge in [0.2, 0.25) is 0 Å². The number of hydrogen-bond acceptors (Lipinski definition) is 1. The first-order valence-electron chi connectivity index (χ1n) is 3.71. The standard InChI is InChI=1S/C10H8ClN/c11-8-4-5-9-7(6-8)2-1-3-10(9)12/h1-6H,12H2. The van der Waals surface area contributed by atoms with E-state index < -0.39 is 0 Å². The van der Waals surface area contributed by atoms with E-state index in [0.29, 0.717) is 0 Å². The third kappa shape index (κ3) is 1.12. The van der Waals surface area contributed by atoms with Gasteiger partial charge >= 0.3 is 0 Å². The maximum atomic E-state index is 5.83. The first-order valence-corrected chi connectivity index (χ1v) is 4.09. The summed E-state index contributed by atoms with van der Waals surface area (Å²) in [5, 5.41) is 2.89. The fourth-order valence-electron chi connectivity index (χ4n) is 1.28. The Morgan fingerprint density at radius 2 is 1.92 bits per heavy atom. The molecule has 1 nitrogen and oxygen atoms in total. The molecule has 0 fully saturated rings. The van der Waals surface area contributed by atoms with Gasteiger partial charge in [0.25, 0.3) is 0 Å². The van der Waals surface area contributed by atoms with Gasteiger partial charge in [-0.15, -0.1) is 0 Å². The maximum Gasteiger partial charge on any atom is 0.0412 e. The summed E-state index contributed by atoms with van der Waals surface area (Å²) in [6.07, 6.45) is 0. The highest BCUT2D eigenvalue weighted by Crippen LogP contribution is 2.23. The second-order valence-electron chi connectivity index (χ2n) is 2.71. The molecule has 2 N–H and O–H groups in total. The Bertz CT molecular complexity index is 423. The minimum absolute atomic E-state index is 0.744. The number of fused-ring (bicyclic) bond motifs is 1. The zero-order chi connectivity index (χ0) is 8.55. The zero-order valence-corrected chi connectivity index (χ0v) is 7.18. The van der Waals surface area contributed by atoms with Crippen molar-refractivity contribution in [2.45, 2.75) is 0 Å². The van der Waals surface area contributed by atoms with Crippen LogP contribution in [-0.4, -0.2) is 0 Å². The molecule has 2 rings (SSSR count). The van der Waals surface area contributed by atoms with E-state index in [9.17, 15) is 0 Å². The lowest BCUT2D eigenvalue weighted by Crippen LogP contribution is -1.85. The van der Waals surface area contributed by atoms with E-state index in [1.165, 1.54) is 0 Å². The van der Waals surface area contributed by atoms with E-state index in [1.54, 1.807) is 0 Å². The third-order valence-electron chi connectivity index (χ3n) is 1.88. The highest BCUT2D eigenvalue weighted by atomic mass is 35.5. The molecule has 0 heterocycles. The number of benzene rings is 2. The molecule has 0 aliphatic heterocycles. The summed E-state index contributed by atoms with van der Waals surface area (Å²) in [5.74, 6) is 0. The van der Waals surface area contributed by atoms with Crippen molar-refractivity contribution in [1.82, 2.24) is 0 Å². The van der Waals surface area contributed by atoms with Gasteiger partial charge in [0.05, 0.1) is 0 Å². The molecule has 0 aliphatic carbocycles. The Morgan fingerprint density at radius 1 is 1.08 bits per heavy atom. The van der Waals surface area contributed by atoms with Gasteiger partial charge in [0.15, 0.2) is 0 Å². The average molecular weight is 178 g/mol. The summed E-state index contributed by atoms with van der Waals surface area (Å²) in [5.41, 5.74) is 6.56. The van der Waals surface area contributed by atoms with Gasteiger partial charge in [-0.2, -0.15) is 0 Å². The first-order chi connectivity index (χ1) is 5.77. The molecule has 0 amide bonds. The quantitative estimate of drug-likeness (QED) is 0.615. The molecule has 0 atom stereocenters. The number of halogens is 1. The van der Waals surface area contributed by atoms with Gasteiger partial charge in [0, 0.05) is 16.1 Å². The van der Waals surface area contributed by atoms with Crippen LogP contribution < -0.4 is 5.73 Å². The molecule has 2 aromatic rings. The molecule has 0 aromatic heterocycles. The summed E-state index contributed by atoms with van der Waals surface area (Å²) in [7, 11) is 0. The van der Waals surface area contributed by atoms with E-state index in [2.05, 4.69) is 0 Å². The number of anilines is 1. The van der Waals surface area contributed by atoms with Crippen LogP contribution >= 0.6 is 11.6 Å². The van der Waals surface area contributed by atoms with Crippen LogP contribution in [0.2, 0.25) is 5.02 Å². The lowest BCUT2D eigenvalue weighted by molar-refractivity contribution is 1.73. The van der Waals surface area contributed by atoms with Crippen molar-refractivity contribution >= 4 is 28.1 Å². The van der Waals surface area contributed by atoms with Crippen LogP contribution in [0.5, 0.6) is 0 Å². The van der Waals surface area contributed by atoms with Crippen LogP contribution in [0.15, 0.2) is 36.4 Å². The number of hydrogen-bond donors (Lipinski definition) is 1. The highest BCUT2D eigenvalue weighted by molar-refractivity contribution is 6.31. The SMILES string of the molecule is Nc1cccc2cc(Cl)ccc12. The lowest BCUT2D eigenvalue weighted by Gasteiger charge is -2.00. The zero-order valence-electron chi connectivity index (χ0n) is 6.42. The Morgan fingerprint density at radius 3 is 2.75 bits per heavy atom. The largest absolute Gasteiger partial charge is 0.398 e. The first kappa shape index (κ1) is 7.44. The van der Waals surface area contributed by atoms with Crippen molar-refractivity contribution in [1.29, 1.82) is 0 Å². The second-order valence-corrected chi connectivity index (χ2v) is 3.15. The number of rotatable bonds is 0. The number of nitrogen functional groups attached to an aromatic ring is 1.